The number of phenolic OH excluding ortho intramolecular Hbond substituents is 1. The first-order valence-electron chi connectivity index (χ1n) is 13.5. The number of anilines is 1. The molecule has 0 unspecified atom stereocenters. The number of nitrogen functional groups attached to an aromatic ring is 1. The number of aldehydes is 1. The second-order valence-electron chi connectivity index (χ2n) is 9.83. The molecule has 4 N–H and O–H groups in total. The number of pyridine rings is 2. The number of nitrogens with one attached hydrogen (secondary N) is 1. The van der Waals surface area contributed by atoms with Crippen LogP contribution in [0.5, 0.6) is 5.75 Å². The Balaban J connectivity index is 1.31. The van der Waals surface area contributed by atoms with Crippen molar-refractivity contribution in [3.8, 4) is 34.1 Å². The number of aromatic nitrogens is 4. The zero-order chi connectivity index (χ0) is 29.1. The summed E-state index contributed by atoms with van der Waals surface area (Å²) in [4.78, 5) is 25.3. The topological polar surface area (TPSA) is 119 Å². The molecule has 0 aliphatic heterocycles. The second-order valence-corrected chi connectivity index (χ2v) is 9.83. The lowest BCUT2D eigenvalue weighted by Gasteiger charge is -2.13. The lowest BCUT2D eigenvalue weighted by atomic mass is 10.1. The molecule has 0 atom stereocenters. The molecular formula is C34H28N6O2. The van der Waals surface area contributed by atoms with Gasteiger partial charge in [-0.2, -0.15) is 0 Å². The Hall–Kier alpha value is -5.76. The standard InChI is InChI=1S/C34H28N6O2/c1-22(36-19-17-23-9-16-31(42)26(20-23)21-41)24-10-12-27(13-11-24)40-33(28-8-5-18-37-32(28)35)39-30-15-14-29(38-34(30)40)25-6-3-2-4-7-25/h2-16,18,20-21,36,42H,1,17,19H2,(H2,35,37). The number of hydrogen-bond acceptors (Lipinski definition) is 7. The molecule has 8 heteroatoms. The number of phenols is 1. The summed E-state index contributed by atoms with van der Waals surface area (Å²) in [6.45, 7) is 4.82. The highest BCUT2D eigenvalue weighted by Crippen LogP contribution is 2.32. The molecule has 8 nitrogen and oxygen atoms in total. The summed E-state index contributed by atoms with van der Waals surface area (Å²) in [6, 6.07) is 30.8. The number of benzene rings is 3. The average Bonchev–Trinajstić information content (AvgIpc) is 3.41. The highest BCUT2D eigenvalue weighted by Gasteiger charge is 2.19. The molecule has 206 valence electrons. The van der Waals surface area contributed by atoms with Crippen molar-refractivity contribution in [1.29, 1.82) is 0 Å². The minimum atomic E-state index is -0.0160. The van der Waals surface area contributed by atoms with Crippen LogP contribution in [0, 0.1) is 0 Å². The van der Waals surface area contributed by atoms with Crippen LogP contribution in [-0.2, 0) is 6.42 Å². The summed E-state index contributed by atoms with van der Waals surface area (Å²) in [6.07, 6.45) is 2.99. The van der Waals surface area contributed by atoms with Gasteiger partial charge in [0.1, 0.15) is 17.1 Å². The van der Waals surface area contributed by atoms with Crippen molar-refractivity contribution in [1.82, 2.24) is 24.8 Å². The highest BCUT2D eigenvalue weighted by atomic mass is 16.3. The van der Waals surface area contributed by atoms with E-state index >= 15 is 0 Å². The monoisotopic (exact) mass is 552 g/mol. The molecule has 0 saturated heterocycles. The number of hydrogen-bond donors (Lipinski definition) is 3. The molecule has 6 aromatic rings. The van der Waals surface area contributed by atoms with Crippen LogP contribution >= 0.6 is 0 Å². The largest absolute Gasteiger partial charge is 0.507 e. The van der Waals surface area contributed by atoms with E-state index in [1.807, 2.05) is 83.4 Å². The van der Waals surface area contributed by atoms with Crippen molar-refractivity contribution in [2.24, 2.45) is 0 Å². The van der Waals surface area contributed by atoms with Gasteiger partial charge in [-0.25, -0.2) is 15.0 Å². The van der Waals surface area contributed by atoms with Crippen molar-refractivity contribution in [2.45, 2.75) is 6.42 Å². The molecule has 0 bridgehead atoms. The molecule has 3 aromatic carbocycles. The van der Waals surface area contributed by atoms with E-state index in [1.54, 1.807) is 18.3 Å². The number of carbonyl (C=O) groups is 1. The summed E-state index contributed by atoms with van der Waals surface area (Å²) in [5, 5.41) is 13.1. The maximum atomic E-state index is 11.1. The average molecular weight is 553 g/mol. The fourth-order valence-corrected chi connectivity index (χ4v) is 4.88. The molecule has 0 amide bonds. The Kier molecular flexibility index (Phi) is 7.17. The van der Waals surface area contributed by atoms with Gasteiger partial charge in [0, 0.05) is 29.7 Å². The lowest BCUT2D eigenvalue weighted by molar-refractivity contribution is 0.112. The summed E-state index contributed by atoms with van der Waals surface area (Å²) in [7, 11) is 0. The summed E-state index contributed by atoms with van der Waals surface area (Å²) >= 11 is 0. The predicted molar refractivity (Wildman–Crippen MR) is 166 cm³/mol. The number of imidazole rings is 1. The molecule has 0 aliphatic rings. The Morgan fingerprint density at radius 3 is 2.52 bits per heavy atom. The Morgan fingerprint density at radius 1 is 0.952 bits per heavy atom. The second kappa shape index (κ2) is 11.4. The van der Waals surface area contributed by atoms with Crippen molar-refractivity contribution < 1.29 is 9.90 Å². The number of aromatic hydroxyl groups is 1. The Morgan fingerprint density at radius 2 is 1.76 bits per heavy atom. The molecule has 6 rings (SSSR count). The zero-order valence-electron chi connectivity index (χ0n) is 22.7. The van der Waals surface area contributed by atoms with Crippen molar-refractivity contribution >= 4 is 29.0 Å². The van der Waals surface area contributed by atoms with E-state index in [-0.39, 0.29) is 11.3 Å². The molecule has 0 spiro atoms. The first-order valence-corrected chi connectivity index (χ1v) is 13.5. The summed E-state index contributed by atoms with van der Waals surface area (Å²) < 4.78 is 2.00. The lowest BCUT2D eigenvalue weighted by Crippen LogP contribution is -2.15. The number of rotatable bonds is 9. The zero-order valence-corrected chi connectivity index (χ0v) is 22.7. The van der Waals surface area contributed by atoms with Crippen LogP contribution in [0.4, 0.5) is 5.82 Å². The van der Waals surface area contributed by atoms with Gasteiger partial charge in [0.05, 0.1) is 16.8 Å². The Labute approximate surface area is 242 Å². The van der Waals surface area contributed by atoms with E-state index in [4.69, 9.17) is 15.7 Å². The molecule has 3 heterocycles. The van der Waals surface area contributed by atoms with Gasteiger partial charge < -0.3 is 16.2 Å². The fraction of sp³-hybridized carbons (Fsp3) is 0.0588. The first kappa shape index (κ1) is 26.5. The maximum Gasteiger partial charge on any atom is 0.165 e. The van der Waals surface area contributed by atoms with Gasteiger partial charge >= 0.3 is 0 Å². The van der Waals surface area contributed by atoms with Crippen LogP contribution in [0.15, 0.2) is 110 Å². The highest BCUT2D eigenvalue weighted by molar-refractivity contribution is 5.84. The van der Waals surface area contributed by atoms with Crippen LogP contribution in [0.1, 0.15) is 21.5 Å². The van der Waals surface area contributed by atoms with E-state index in [9.17, 15) is 9.90 Å². The third-order valence-corrected chi connectivity index (χ3v) is 7.10. The number of carbonyl (C=O) groups excluding carboxylic acids is 1. The van der Waals surface area contributed by atoms with Crippen LogP contribution in [0.3, 0.4) is 0 Å². The third kappa shape index (κ3) is 5.21. The van der Waals surface area contributed by atoms with E-state index in [0.29, 0.717) is 36.5 Å². The number of fused-ring (bicyclic) bond motifs is 1. The Bertz CT molecular complexity index is 1910. The molecule has 0 radical (unpaired) electrons. The van der Waals surface area contributed by atoms with Crippen LogP contribution in [0.2, 0.25) is 0 Å². The molecule has 3 aromatic heterocycles. The van der Waals surface area contributed by atoms with Gasteiger partial charge in [0.25, 0.3) is 0 Å². The van der Waals surface area contributed by atoms with Gasteiger partial charge in [-0.15, -0.1) is 0 Å². The van der Waals surface area contributed by atoms with Gasteiger partial charge in [0.15, 0.2) is 17.8 Å². The van der Waals surface area contributed by atoms with E-state index in [1.165, 1.54) is 6.07 Å². The van der Waals surface area contributed by atoms with Crippen LogP contribution < -0.4 is 11.1 Å². The molecule has 0 fully saturated rings. The normalized spacial score (nSPS) is 11.0. The number of nitrogens with two attached hydrogens (primary N) is 1. The van der Waals surface area contributed by atoms with Gasteiger partial charge in [0.2, 0.25) is 0 Å². The quantitative estimate of drug-likeness (QED) is 0.187. The van der Waals surface area contributed by atoms with Gasteiger partial charge in [-0.1, -0.05) is 55.1 Å². The van der Waals surface area contributed by atoms with Gasteiger partial charge in [-0.3, -0.25) is 9.36 Å². The minimum absolute atomic E-state index is 0.0160. The van der Waals surface area contributed by atoms with E-state index < -0.39 is 0 Å². The molecular weight excluding hydrogens is 524 g/mol. The summed E-state index contributed by atoms with van der Waals surface area (Å²) in [5.74, 6) is 1.03. The van der Waals surface area contributed by atoms with E-state index in [2.05, 4.69) is 16.9 Å². The molecule has 0 aliphatic carbocycles. The molecule has 42 heavy (non-hydrogen) atoms. The van der Waals surface area contributed by atoms with Gasteiger partial charge in [-0.05, 0) is 66.1 Å². The van der Waals surface area contributed by atoms with Crippen molar-refractivity contribution in [3.63, 3.8) is 0 Å². The van der Waals surface area contributed by atoms with E-state index in [0.717, 1.165) is 44.8 Å². The van der Waals surface area contributed by atoms with Crippen molar-refractivity contribution in [3.05, 3.63) is 127 Å². The summed E-state index contributed by atoms with van der Waals surface area (Å²) in [5.41, 5.74) is 14.1. The fourth-order valence-electron chi connectivity index (χ4n) is 4.88. The third-order valence-electron chi connectivity index (χ3n) is 7.10. The van der Waals surface area contributed by atoms with Crippen LogP contribution in [0.25, 0.3) is 45.2 Å². The van der Waals surface area contributed by atoms with Crippen molar-refractivity contribution in [2.75, 3.05) is 12.3 Å². The smallest absolute Gasteiger partial charge is 0.165 e. The minimum Gasteiger partial charge on any atom is -0.507 e. The van der Waals surface area contributed by atoms with Crippen LogP contribution in [-0.4, -0.2) is 37.5 Å². The molecule has 0 saturated carbocycles. The maximum absolute atomic E-state index is 11.1. The predicted octanol–water partition coefficient (Wildman–Crippen LogP) is 6.05. The first-order chi connectivity index (χ1) is 20.5. The SMILES string of the molecule is C=C(NCCc1ccc(O)c(C=O)c1)c1ccc(-n2c(-c3cccnc3N)nc3ccc(-c4ccccc4)nc32)cc1. The number of nitrogens with zero attached hydrogens (tertiary/aromatic N) is 4.